The third kappa shape index (κ3) is 22.1. The van der Waals surface area contributed by atoms with Crippen molar-refractivity contribution in [3.05, 3.63) is 0 Å². The number of ether oxygens (including phenoxy) is 2. The van der Waals surface area contributed by atoms with Gasteiger partial charge in [0.25, 0.3) is 0 Å². The molecule has 1 aliphatic rings. The molecule has 47 heavy (non-hydrogen) atoms. The van der Waals surface area contributed by atoms with E-state index in [9.17, 15) is 44.1 Å². The maximum atomic E-state index is 12.8. The van der Waals surface area contributed by atoms with Crippen molar-refractivity contribution in [2.24, 2.45) is 0 Å². The number of rotatable bonds is 22. The minimum absolute atomic E-state index is 0.0164. The van der Waals surface area contributed by atoms with Gasteiger partial charge < -0.3 is 35.4 Å². The predicted molar refractivity (Wildman–Crippen MR) is 170 cm³/mol. The molecule has 0 bridgehead atoms. The van der Waals surface area contributed by atoms with E-state index in [1.165, 1.54) is 6.92 Å². The van der Waals surface area contributed by atoms with Gasteiger partial charge in [0.2, 0.25) is 11.8 Å². The quantitative estimate of drug-likeness (QED) is 0.0806. The maximum absolute atomic E-state index is 12.8. The summed E-state index contributed by atoms with van der Waals surface area (Å²) < 4.78 is 10.6. The zero-order valence-electron chi connectivity index (χ0n) is 27.8. The van der Waals surface area contributed by atoms with Crippen LogP contribution in [0.5, 0.6) is 0 Å². The molecular weight excluding hydrogens is 620 g/mol. The van der Waals surface area contributed by atoms with Crippen molar-refractivity contribution in [3.63, 3.8) is 0 Å². The number of Topliss-reactive ketones (excluding diaryl/α,β-unsaturated/α-hetero) is 1. The van der Waals surface area contributed by atoms with Gasteiger partial charge in [-0.3, -0.25) is 48.4 Å². The summed E-state index contributed by atoms with van der Waals surface area (Å²) in [5.41, 5.74) is 0. The van der Waals surface area contributed by atoms with E-state index in [0.29, 0.717) is 78.3 Å². The average molecular weight is 675 g/mol. The SMILES string of the molecule is CCCOCCOCC(=O)N[C@@H](CCCCNC(=O)CN1CCN(CC(=O)O)CCN(CC(=O)O)CCN(CC(=O)O)CC1)C(C)=O. The van der Waals surface area contributed by atoms with Crippen LogP contribution in [0.4, 0.5) is 0 Å². The molecule has 1 atom stereocenters. The predicted octanol–water partition coefficient (Wildman–Crippen LogP) is -1.73. The molecule has 17 heteroatoms. The van der Waals surface area contributed by atoms with Crippen molar-refractivity contribution in [2.45, 2.75) is 45.6 Å². The van der Waals surface area contributed by atoms with E-state index >= 15 is 0 Å². The Bertz CT molecular complexity index is 954. The second-order valence-corrected chi connectivity index (χ2v) is 11.5. The summed E-state index contributed by atoms with van der Waals surface area (Å²) >= 11 is 0. The third-order valence-corrected chi connectivity index (χ3v) is 7.39. The first-order valence-electron chi connectivity index (χ1n) is 16.2. The van der Waals surface area contributed by atoms with Gasteiger partial charge in [-0.25, -0.2) is 0 Å². The Morgan fingerprint density at radius 3 is 1.51 bits per heavy atom. The van der Waals surface area contributed by atoms with Gasteiger partial charge in [-0.1, -0.05) is 6.92 Å². The Balaban J connectivity index is 2.62. The number of nitrogens with zero attached hydrogens (tertiary/aromatic N) is 4. The lowest BCUT2D eigenvalue weighted by Crippen LogP contribution is -2.49. The highest BCUT2D eigenvalue weighted by Gasteiger charge is 2.21. The summed E-state index contributed by atoms with van der Waals surface area (Å²) in [6.45, 7) is 6.64. The number of carboxylic acid groups (broad SMARTS) is 3. The minimum Gasteiger partial charge on any atom is -0.480 e. The van der Waals surface area contributed by atoms with E-state index in [1.54, 1.807) is 14.7 Å². The van der Waals surface area contributed by atoms with Gasteiger partial charge in [0, 0.05) is 65.5 Å². The van der Waals surface area contributed by atoms with Crippen molar-refractivity contribution in [1.82, 2.24) is 30.2 Å². The zero-order valence-corrected chi connectivity index (χ0v) is 27.8. The smallest absolute Gasteiger partial charge is 0.317 e. The lowest BCUT2D eigenvalue weighted by molar-refractivity contribution is -0.140. The number of carbonyl (C=O) groups is 6. The van der Waals surface area contributed by atoms with Gasteiger partial charge in [-0.15, -0.1) is 0 Å². The monoisotopic (exact) mass is 674 g/mol. The molecule has 0 aromatic carbocycles. The van der Waals surface area contributed by atoms with Crippen LogP contribution in [-0.4, -0.2) is 188 Å². The van der Waals surface area contributed by atoms with Gasteiger partial charge in [0.05, 0.1) is 45.4 Å². The number of carboxylic acids is 3. The number of nitrogens with one attached hydrogen (secondary N) is 2. The van der Waals surface area contributed by atoms with E-state index in [-0.39, 0.29) is 70.1 Å². The molecule has 2 amide bonds. The molecule has 1 rings (SSSR count). The van der Waals surface area contributed by atoms with Gasteiger partial charge in [0.15, 0.2) is 5.78 Å². The highest BCUT2D eigenvalue weighted by molar-refractivity contribution is 5.87. The molecule has 270 valence electrons. The first kappa shape index (κ1) is 41.8. The molecule has 5 N–H and O–H groups in total. The highest BCUT2D eigenvalue weighted by Crippen LogP contribution is 2.04. The molecule has 1 heterocycles. The Morgan fingerprint density at radius 2 is 1.09 bits per heavy atom. The zero-order chi connectivity index (χ0) is 35.0. The normalized spacial score (nSPS) is 16.8. The van der Waals surface area contributed by atoms with Crippen LogP contribution < -0.4 is 10.6 Å². The molecule has 0 aliphatic carbocycles. The first-order valence-corrected chi connectivity index (χ1v) is 16.2. The molecule has 0 spiro atoms. The summed E-state index contributed by atoms with van der Waals surface area (Å²) in [5.74, 6) is -3.89. The number of carbonyl (C=O) groups excluding carboxylic acids is 3. The topological polar surface area (TPSA) is 219 Å². The molecule has 1 saturated heterocycles. The second-order valence-electron chi connectivity index (χ2n) is 11.5. The van der Waals surface area contributed by atoms with Crippen molar-refractivity contribution < 1.29 is 53.6 Å². The molecule has 0 unspecified atom stereocenters. The fourth-order valence-corrected chi connectivity index (χ4v) is 4.89. The van der Waals surface area contributed by atoms with Gasteiger partial charge in [0.1, 0.15) is 6.61 Å². The number of hydrogen-bond acceptors (Lipinski definition) is 12. The largest absolute Gasteiger partial charge is 0.480 e. The average Bonchev–Trinajstić information content (AvgIpc) is 2.98. The molecule has 0 radical (unpaired) electrons. The third-order valence-electron chi connectivity index (χ3n) is 7.39. The van der Waals surface area contributed by atoms with Crippen LogP contribution in [0.25, 0.3) is 0 Å². The number of hydrogen-bond donors (Lipinski definition) is 5. The fourth-order valence-electron chi connectivity index (χ4n) is 4.89. The number of unbranched alkanes of at least 4 members (excludes halogenated alkanes) is 1. The molecular formula is C30H54N6O11. The van der Waals surface area contributed by atoms with Crippen molar-refractivity contribution in [1.29, 1.82) is 0 Å². The van der Waals surface area contributed by atoms with E-state index < -0.39 is 23.9 Å². The Labute approximate surface area is 276 Å². The summed E-state index contributed by atoms with van der Waals surface area (Å²) in [4.78, 5) is 78.1. The number of ketones is 1. The summed E-state index contributed by atoms with van der Waals surface area (Å²) in [5, 5.41) is 33.6. The van der Waals surface area contributed by atoms with E-state index in [1.807, 2.05) is 11.8 Å². The lowest BCUT2D eigenvalue weighted by atomic mass is 10.1. The Kier molecular flexibility index (Phi) is 22.1. The van der Waals surface area contributed by atoms with Crippen molar-refractivity contribution >= 4 is 35.5 Å². The van der Waals surface area contributed by atoms with Gasteiger partial charge in [-0.2, -0.15) is 0 Å². The Morgan fingerprint density at radius 1 is 0.638 bits per heavy atom. The summed E-state index contributed by atoms with van der Waals surface area (Å²) in [6, 6.07) is -0.654. The minimum atomic E-state index is -1.03. The first-order chi connectivity index (χ1) is 22.4. The van der Waals surface area contributed by atoms with Crippen LogP contribution in [-0.2, 0) is 38.2 Å². The van der Waals surface area contributed by atoms with E-state index in [0.717, 1.165) is 6.42 Å². The van der Waals surface area contributed by atoms with E-state index in [2.05, 4.69) is 10.6 Å². The van der Waals surface area contributed by atoms with Crippen molar-refractivity contribution in [2.75, 3.05) is 112 Å². The van der Waals surface area contributed by atoms with Gasteiger partial charge >= 0.3 is 17.9 Å². The van der Waals surface area contributed by atoms with Crippen LogP contribution in [0.3, 0.4) is 0 Å². The molecule has 0 saturated carbocycles. The molecule has 0 aromatic rings. The second kappa shape index (κ2) is 24.9. The van der Waals surface area contributed by atoms with Crippen molar-refractivity contribution in [3.8, 4) is 0 Å². The summed E-state index contributed by atoms with van der Waals surface area (Å²) in [7, 11) is 0. The fraction of sp³-hybridized carbons (Fsp3) is 0.800. The molecule has 1 aliphatic heterocycles. The van der Waals surface area contributed by atoms with Crippen LogP contribution >= 0.6 is 0 Å². The van der Waals surface area contributed by atoms with E-state index in [4.69, 9.17) is 9.47 Å². The summed E-state index contributed by atoms with van der Waals surface area (Å²) in [6.07, 6.45) is 2.45. The van der Waals surface area contributed by atoms with Crippen LogP contribution in [0.2, 0.25) is 0 Å². The van der Waals surface area contributed by atoms with Crippen LogP contribution in [0.15, 0.2) is 0 Å². The van der Waals surface area contributed by atoms with Crippen LogP contribution in [0, 0.1) is 0 Å². The molecule has 0 aromatic heterocycles. The lowest BCUT2D eigenvalue weighted by Gasteiger charge is -2.32. The Hall–Kier alpha value is -3.22. The molecule has 17 nitrogen and oxygen atoms in total. The molecule has 1 fully saturated rings. The van der Waals surface area contributed by atoms with Crippen LogP contribution in [0.1, 0.15) is 39.5 Å². The highest BCUT2D eigenvalue weighted by atomic mass is 16.5. The van der Waals surface area contributed by atoms with Gasteiger partial charge in [-0.05, 0) is 32.6 Å². The standard InChI is InChI=1S/C30H54N6O11/c1-3-16-46-17-18-47-23-27(39)32-25(24(2)37)6-4-5-7-31-26(38)19-33-8-10-34(20-28(40)41)12-14-36(22-30(44)45)15-13-35(11-9-33)21-29(42)43/h25H,3-23H2,1-2H3,(H,31,38)(H,32,39)(H,40,41)(H,42,43)(H,44,45)/t25-/m0/s1. The number of aliphatic carboxylic acids is 3. The number of amides is 2. The maximum Gasteiger partial charge on any atom is 0.317 e.